The van der Waals surface area contributed by atoms with Crippen molar-refractivity contribution in [2.45, 2.75) is 25.3 Å². The largest absolute Gasteiger partial charge is 0.503 e. The maximum absolute atomic E-state index is 14.9. The highest BCUT2D eigenvalue weighted by Crippen LogP contribution is 2.57. The third kappa shape index (κ3) is 2.53. The third-order valence-corrected chi connectivity index (χ3v) is 6.68. The van der Waals surface area contributed by atoms with E-state index in [0.29, 0.717) is 17.9 Å². The summed E-state index contributed by atoms with van der Waals surface area (Å²) < 4.78 is 14.9. The molecule has 1 aliphatic carbocycles. The van der Waals surface area contributed by atoms with Crippen LogP contribution < -0.4 is 10.2 Å². The number of halogens is 3. The van der Waals surface area contributed by atoms with Gasteiger partial charge in [0.1, 0.15) is 5.82 Å². The molecule has 0 aromatic heterocycles. The molecule has 6 nitrogen and oxygen atoms in total. The van der Waals surface area contributed by atoms with Crippen LogP contribution in [0.15, 0.2) is 47.7 Å². The van der Waals surface area contributed by atoms with E-state index < -0.39 is 40.1 Å². The molecule has 2 aromatic rings. The summed E-state index contributed by atoms with van der Waals surface area (Å²) in [6.45, 7) is 1.70. The van der Waals surface area contributed by atoms with Crippen molar-refractivity contribution in [3.63, 3.8) is 0 Å². The monoisotopic (exact) mass is 460 g/mol. The third-order valence-electron chi connectivity index (χ3n) is 6.21. The van der Waals surface area contributed by atoms with Gasteiger partial charge in [-0.05, 0) is 43.2 Å². The first-order chi connectivity index (χ1) is 14.6. The summed E-state index contributed by atoms with van der Waals surface area (Å²) in [5.41, 5.74) is -3.12. The van der Waals surface area contributed by atoms with Gasteiger partial charge in [0, 0.05) is 26.7 Å². The van der Waals surface area contributed by atoms with Crippen molar-refractivity contribution in [3.8, 4) is 0 Å². The van der Waals surface area contributed by atoms with Crippen molar-refractivity contribution in [2.75, 3.05) is 10.2 Å². The number of benzene rings is 2. The highest BCUT2D eigenvalue weighted by atomic mass is 35.5. The summed E-state index contributed by atoms with van der Waals surface area (Å²) in [6, 6.07) is 7.97. The topological polar surface area (TPSA) is 86.7 Å². The molecule has 5 rings (SSSR count). The summed E-state index contributed by atoms with van der Waals surface area (Å²) in [5, 5.41) is 13.9. The molecule has 2 aliphatic heterocycles. The van der Waals surface area contributed by atoms with E-state index in [-0.39, 0.29) is 27.5 Å². The minimum atomic E-state index is -2.09. The quantitative estimate of drug-likeness (QED) is 0.705. The maximum atomic E-state index is 14.9. The van der Waals surface area contributed by atoms with Gasteiger partial charge in [0.05, 0.1) is 11.3 Å². The zero-order valence-electron chi connectivity index (χ0n) is 16.1. The Morgan fingerprint density at radius 3 is 2.45 bits per heavy atom. The van der Waals surface area contributed by atoms with Crippen LogP contribution in [-0.4, -0.2) is 22.7 Å². The van der Waals surface area contributed by atoms with Gasteiger partial charge in [-0.25, -0.2) is 4.39 Å². The minimum Gasteiger partial charge on any atom is -0.503 e. The number of ketones is 1. The predicted molar refractivity (Wildman–Crippen MR) is 113 cm³/mol. The van der Waals surface area contributed by atoms with Gasteiger partial charge < -0.3 is 10.4 Å². The van der Waals surface area contributed by atoms with Crippen molar-refractivity contribution in [3.05, 3.63) is 69.2 Å². The molecule has 2 amide bonds. The number of Topliss-reactive ketones (excluding diaryl/α,β-unsaturated/α-hetero) is 1. The van der Waals surface area contributed by atoms with Crippen LogP contribution >= 0.6 is 23.2 Å². The fraction of sp³-hybridized carbons (Fsp3) is 0.227. The molecule has 1 fully saturated rings. The Kier molecular flexibility index (Phi) is 4.08. The average Bonchev–Trinajstić information content (AvgIpc) is 3.35. The fourth-order valence-electron chi connectivity index (χ4n) is 4.32. The van der Waals surface area contributed by atoms with Gasteiger partial charge in [-0.2, -0.15) is 0 Å². The standard InChI is InChI=1S/C22H15Cl2FN2O4/c1-21(6-7-21)18(29)16-17(28)19(30)27(15-9-11(24)3-5-13(15)25)22(16)12-4-2-10(23)8-14(12)26-20(22)31/h2-5,8-9,28H,6-7H2,1H3,(H,26,31). The highest BCUT2D eigenvalue weighted by molar-refractivity contribution is 6.33. The maximum Gasteiger partial charge on any atom is 0.295 e. The molecule has 2 aromatic carbocycles. The van der Waals surface area contributed by atoms with Crippen molar-refractivity contribution >= 4 is 52.2 Å². The van der Waals surface area contributed by atoms with E-state index in [1.807, 2.05) is 0 Å². The second kappa shape index (κ2) is 6.31. The molecule has 3 aliphatic rings. The lowest BCUT2D eigenvalue weighted by molar-refractivity contribution is -0.125. The second-order valence-electron chi connectivity index (χ2n) is 8.20. The van der Waals surface area contributed by atoms with Crippen LogP contribution in [0.2, 0.25) is 10.0 Å². The zero-order valence-corrected chi connectivity index (χ0v) is 17.6. The average molecular weight is 461 g/mol. The summed E-state index contributed by atoms with van der Waals surface area (Å²) >= 11 is 12.1. The molecule has 158 valence electrons. The first-order valence-electron chi connectivity index (χ1n) is 9.51. The lowest BCUT2D eigenvalue weighted by atomic mass is 9.78. The highest BCUT2D eigenvalue weighted by Gasteiger charge is 2.67. The Bertz CT molecular complexity index is 1250. The van der Waals surface area contributed by atoms with Gasteiger partial charge >= 0.3 is 0 Å². The molecule has 2 N–H and O–H groups in total. The summed E-state index contributed by atoms with van der Waals surface area (Å²) in [6.07, 6.45) is 1.10. The lowest BCUT2D eigenvalue weighted by Gasteiger charge is -2.35. The number of carbonyl (C=O) groups is 3. The zero-order chi connectivity index (χ0) is 22.3. The molecule has 1 unspecified atom stereocenters. The predicted octanol–water partition coefficient (Wildman–Crippen LogP) is 4.51. The first-order valence-corrected chi connectivity index (χ1v) is 10.3. The Morgan fingerprint density at radius 1 is 1.13 bits per heavy atom. The number of aliphatic hydroxyl groups excluding tert-OH is 1. The van der Waals surface area contributed by atoms with Crippen LogP contribution in [0, 0.1) is 11.2 Å². The van der Waals surface area contributed by atoms with E-state index in [1.54, 1.807) is 6.92 Å². The smallest absolute Gasteiger partial charge is 0.295 e. The molecular formula is C22H15Cl2FN2O4. The van der Waals surface area contributed by atoms with Gasteiger partial charge in [0.2, 0.25) is 0 Å². The Labute approximate surface area is 186 Å². The molecule has 9 heteroatoms. The Balaban J connectivity index is 1.86. The molecule has 31 heavy (non-hydrogen) atoms. The van der Waals surface area contributed by atoms with Crippen molar-refractivity contribution in [1.82, 2.24) is 0 Å². The molecule has 1 atom stereocenters. The number of aliphatic hydroxyl groups is 1. The molecule has 1 spiro atoms. The van der Waals surface area contributed by atoms with Gasteiger partial charge in [0.15, 0.2) is 17.1 Å². The summed E-state index contributed by atoms with van der Waals surface area (Å²) in [7, 11) is 0. The van der Waals surface area contributed by atoms with Crippen LogP contribution in [0.4, 0.5) is 15.8 Å². The number of amides is 2. The van der Waals surface area contributed by atoms with E-state index in [4.69, 9.17) is 23.2 Å². The van der Waals surface area contributed by atoms with Gasteiger partial charge in [0.25, 0.3) is 11.8 Å². The SMILES string of the molecule is CC1(C(=O)C2=C(O)C(=O)N(c3cc(Cl)ccc3F)C23C(=O)Nc2cc(Cl)ccc23)CC1. The van der Waals surface area contributed by atoms with Crippen molar-refractivity contribution in [2.24, 2.45) is 5.41 Å². The molecular weight excluding hydrogens is 446 g/mol. The Hall–Kier alpha value is -2.90. The number of anilines is 2. The number of fused-ring (bicyclic) bond motifs is 2. The Morgan fingerprint density at radius 2 is 1.77 bits per heavy atom. The van der Waals surface area contributed by atoms with Crippen LogP contribution in [0.5, 0.6) is 0 Å². The molecule has 1 saturated carbocycles. The molecule has 2 heterocycles. The molecule has 0 saturated heterocycles. The van der Waals surface area contributed by atoms with Gasteiger partial charge in [-0.15, -0.1) is 0 Å². The second-order valence-corrected chi connectivity index (χ2v) is 9.08. The van der Waals surface area contributed by atoms with Crippen molar-refractivity contribution in [1.29, 1.82) is 0 Å². The first kappa shape index (κ1) is 20.0. The minimum absolute atomic E-state index is 0.113. The summed E-state index contributed by atoms with van der Waals surface area (Å²) in [4.78, 5) is 41.1. The van der Waals surface area contributed by atoms with Crippen LogP contribution in [0.25, 0.3) is 0 Å². The van der Waals surface area contributed by atoms with Gasteiger partial charge in [-0.3, -0.25) is 19.3 Å². The van der Waals surface area contributed by atoms with E-state index in [2.05, 4.69) is 5.32 Å². The van der Waals surface area contributed by atoms with Crippen LogP contribution in [0.1, 0.15) is 25.3 Å². The summed E-state index contributed by atoms with van der Waals surface area (Å²) in [5.74, 6) is -4.08. The van der Waals surface area contributed by atoms with Crippen molar-refractivity contribution < 1.29 is 23.9 Å². The number of rotatable bonds is 3. The lowest BCUT2D eigenvalue weighted by Crippen LogP contribution is -2.53. The number of nitrogens with one attached hydrogen (secondary N) is 1. The van der Waals surface area contributed by atoms with E-state index in [1.165, 1.54) is 30.3 Å². The number of carbonyl (C=O) groups excluding carboxylic acids is 3. The van der Waals surface area contributed by atoms with E-state index in [9.17, 15) is 23.9 Å². The van der Waals surface area contributed by atoms with E-state index >= 15 is 0 Å². The molecule has 0 radical (unpaired) electrons. The van der Waals surface area contributed by atoms with E-state index in [0.717, 1.165) is 11.0 Å². The van der Waals surface area contributed by atoms with Crippen LogP contribution in [-0.2, 0) is 19.9 Å². The normalized spacial score (nSPS) is 23.4. The fourth-order valence-corrected chi connectivity index (χ4v) is 4.66. The van der Waals surface area contributed by atoms with Crippen LogP contribution in [0.3, 0.4) is 0 Å². The number of hydrogen-bond donors (Lipinski definition) is 2. The van der Waals surface area contributed by atoms with Gasteiger partial charge in [-0.1, -0.05) is 36.2 Å². The molecule has 0 bridgehead atoms. The number of hydrogen-bond acceptors (Lipinski definition) is 4. The number of nitrogens with zero attached hydrogens (tertiary/aromatic N) is 1.